The lowest BCUT2D eigenvalue weighted by Crippen LogP contribution is -2.21. The average molecular weight is 381 g/mol. The van der Waals surface area contributed by atoms with Crippen molar-refractivity contribution in [2.45, 2.75) is 19.5 Å². The van der Waals surface area contributed by atoms with Gasteiger partial charge >= 0.3 is 6.18 Å². The number of halogens is 3. The number of aromatic amines is 1. The second kappa shape index (κ2) is 6.27. The van der Waals surface area contributed by atoms with E-state index in [1.807, 2.05) is 6.07 Å². The van der Waals surface area contributed by atoms with Crippen LogP contribution in [0.1, 0.15) is 27.8 Å². The summed E-state index contributed by atoms with van der Waals surface area (Å²) in [7, 11) is 0. The third-order valence-corrected chi connectivity index (χ3v) is 4.89. The lowest BCUT2D eigenvalue weighted by molar-refractivity contribution is -0.137. The Bertz CT molecular complexity index is 1320. The second-order valence-corrected chi connectivity index (χ2v) is 6.60. The van der Waals surface area contributed by atoms with Gasteiger partial charge in [0.15, 0.2) is 0 Å². The number of nitrogens with one attached hydrogen (secondary N) is 1. The zero-order valence-corrected chi connectivity index (χ0v) is 14.8. The molecule has 0 unspecified atom stereocenters. The number of aromatic nitrogens is 2. The van der Waals surface area contributed by atoms with Crippen molar-refractivity contribution in [3.8, 4) is 6.07 Å². The fourth-order valence-corrected chi connectivity index (χ4v) is 3.49. The number of nitriles is 1. The molecule has 0 spiro atoms. The van der Waals surface area contributed by atoms with E-state index in [1.165, 1.54) is 10.5 Å². The van der Waals surface area contributed by atoms with Gasteiger partial charge in [-0.25, -0.2) is 0 Å². The van der Waals surface area contributed by atoms with Crippen LogP contribution in [0, 0.1) is 18.3 Å². The Morgan fingerprint density at radius 3 is 2.61 bits per heavy atom. The minimum Gasteiger partial charge on any atom is -0.338 e. The van der Waals surface area contributed by atoms with Gasteiger partial charge in [0.25, 0.3) is 5.56 Å². The molecule has 0 aliphatic heterocycles. The molecule has 1 N–H and O–H groups in total. The summed E-state index contributed by atoms with van der Waals surface area (Å²) in [5.74, 6) is 0. The molecule has 0 bridgehead atoms. The van der Waals surface area contributed by atoms with Crippen LogP contribution in [0.25, 0.3) is 16.7 Å². The maximum atomic E-state index is 13.2. The molecule has 2 aromatic carbocycles. The van der Waals surface area contributed by atoms with Crippen LogP contribution < -0.4 is 5.56 Å². The van der Waals surface area contributed by atoms with E-state index in [-0.39, 0.29) is 12.0 Å². The number of pyridine rings is 1. The van der Waals surface area contributed by atoms with Gasteiger partial charge in [0.1, 0.15) is 11.7 Å². The molecule has 2 aromatic heterocycles. The molecule has 140 valence electrons. The van der Waals surface area contributed by atoms with Gasteiger partial charge in [-0.15, -0.1) is 0 Å². The third kappa shape index (κ3) is 2.74. The first-order valence-electron chi connectivity index (χ1n) is 8.52. The van der Waals surface area contributed by atoms with Gasteiger partial charge in [-0.1, -0.05) is 30.3 Å². The number of alkyl halides is 3. The van der Waals surface area contributed by atoms with Crippen molar-refractivity contribution < 1.29 is 13.2 Å². The van der Waals surface area contributed by atoms with Gasteiger partial charge in [0, 0.05) is 12.0 Å². The Hall–Kier alpha value is -3.53. The van der Waals surface area contributed by atoms with E-state index in [9.17, 15) is 23.2 Å². The normalized spacial score (nSPS) is 11.8. The summed E-state index contributed by atoms with van der Waals surface area (Å²) >= 11 is 0. The van der Waals surface area contributed by atoms with Crippen LogP contribution in [0.4, 0.5) is 13.2 Å². The zero-order chi connectivity index (χ0) is 20.1. The van der Waals surface area contributed by atoms with Crippen LogP contribution in [0.3, 0.4) is 0 Å². The number of para-hydroxylation sites is 2. The molecular weight excluding hydrogens is 367 g/mol. The monoisotopic (exact) mass is 381 g/mol. The lowest BCUT2D eigenvalue weighted by Gasteiger charge is -2.11. The molecule has 7 heteroatoms. The number of rotatable bonds is 2. The third-order valence-electron chi connectivity index (χ3n) is 4.89. The minimum absolute atomic E-state index is 0.00567. The summed E-state index contributed by atoms with van der Waals surface area (Å²) in [5, 5.41) is 9.64. The maximum absolute atomic E-state index is 13.2. The molecule has 0 aliphatic rings. The molecule has 28 heavy (non-hydrogen) atoms. The molecule has 4 rings (SSSR count). The minimum atomic E-state index is -4.46. The largest absolute Gasteiger partial charge is 0.416 e. The number of nitrogens with zero attached hydrogens (tertiary/aromatic N) is 2. The van der Waals surface area contributed by atoms with Gasteiger partial charge in [0.05, 0.1) is 22.2 Å². The van der Waals surface area contributed by atoms with Crippen LogP contribution in [-0.2, 0) is 12.6 Å². The van der Waals surface area contributed by atoms with Crippen molar-refractivity contribution in [2.24, 2.45) is 0 Å². The highest BCUT2D eigenvalue weighted by molar-refractivity contribution is 5.83. The molecule has 0 saturated carbocycles. The standard InChI is InChI=1S/C21H14F3N3O/c1-12-15(10-13-5-4-6-14(9-13)21(22,23)24)20(28)27-18-8-3-2-7-17(18)26-19(27)16(12)11-25/h2-9,26H,10H2,1H3. The Morgan fingerprint density at radius 2 is 1.89 bits per heavy atom. The number of benzene rings is 2. The Morgan fingerprint density at radius 1 is 1.14 bits per heavy atom. The summed E-state index contributed by atoms with van der Waals surface area (Å²) in [5.41, 5.74) is 2.03. The number of hydrogen-bond donors (Lipinski definition) is 1. The number of imidazole rings is 1. The van der Waals surface area contributed by atoms with Gasteiger partial charge < -0.3 is 4.98 Å². The first-order chi connectivity index (χ1) is 13.3. The van der Waals surface area contributed by atoms with Crippen molar-refractivity contribution in [1.29, 1.82) is 5.26 Å². The summed E-state index contributed by atoms with van der Waals surface area (Å²) in [6.07, 6.45) is -4.45. The highest BCUT2D eigenvalue weighted by atomic mass is 19.4. The Labute approximate surface area is 157 Å². The van der Waals surface area contributed by atoms with Crippen LogP contribution in [0.15, 0.2) is 53.3 Å². The molecule has 4 nitrogen and oxygen atoms in total. The highest BCUT2D eigenvalue weighted by Crippen LogP contribution is 2.30. The molecular formula is C21H14F3N3O. The first kappa shape index (κ1) is 17.9. The summed E-state index contributed by atoms with van der Waals surface area (Å²) in [6.45, 7) is 1.65. The first-order valence-corrected chi connectivity index (χ1v) is 8.52. The summed E-state index contributed by atoms with van der Waals surface area (Å²) in [6, 6.07) is 14.2. The van der Waals surface area contributed by atoms with Crippen LogP contribution in [0.5, 0.6) is 0 Å². The van der Waals surface area contributed by atoms with Crippen molar-refractivity contribution in [1.82, 2.24) is 9.38 Å². The topological polar surface area (TPSA) is 61.1 Å². The second-order valence-electron chi connectivity index (χ2n) is 6.60. The van der Waals surface area contributed by atoms with Crippen LogP contribution >= 0.6 is 0 Å². The van der Waals surface area contributed by atoms with Crippen molar-refractivity contribution in [2.75, 3.05) is 0 Å². The molecule has 0 saturated heterocycles. The predicted octanol–water partition coefficient (Wildman–Crippen LogP) is 4.57. The van der Waals surface area contributed by atoms with Gasteiger partial charge in [0.2, 0.25) is 0 Å². The van der Waals surface area contributed by atoms with Crippen molar-refractivity contribution >= 4 is 16.7 Å². The van der Waals surface area contributed by atoms with E-state index in [1.54, 1.807) is 31.2 Å². The molecule has 0 amide bonds. The van der Waals surface area contributed by atoms with Gasteiger partial charge in [-0.2, -0.15) is 18.4 Å². The Balaban J connectivity index is 1.97. The SMILES string of the molecule is Cc1c(Cc2cccc(C(F)(F)F)c2)c(=O)n2c([nH]c3ccccc32)c1C#N. The molecule has 0 radical (unpaired) electrons. The summed E-state index contributed by atoms with van der Waals surface area (Å²) in [4.78, 5) is 16.3. The van der Waals surface area contributed by atoms with E-state index in [0.29, 0.717) is 38.9 Å². The molecule has 2 heterocycles. The van der Waals surface area contributed by atoms with Gasteiger partial charge in [-0.3, -0.25) is 9.20 Å². The van der Waals surface area contributed by atoms with Crippen molar-refractivity contribution in [3.05, 3.63) is 86.7 Å². The lowest BCUT2D eigenvalue weighted by atomic mass is 9.98. The fourth-order valence-electron chi connectivity index (χ4n) is 3.49. The molecule has 0 aliphatic carbocycles. The molecule has 0 atom stereocenters. The summed E-state index contributed by atoms with van der Waals surface area (Å²) < 4.78 is 40.5. The van der Waals surface area contributed by atoms with E-state index >= 15 is 0 Å². The van der Waals surface area contributed by atoms with Crippen LogP contribution in [-0.4, -0.2) is 9.38 Å². The van der Waals surface area contributed by atoms with E-state index in [4.69, 9.17) is 0 Å². The van der Waals surface area contributed by atoms with E-state index < -0.39 is 11.7 Å². The predicted molar refractivity (Wildman–Crippen MR) is 99.2 cm³/mol. The fraction of sp³-hybridized carbons (Fsp3) is 0.143. The van der Waals surface area contributed by atoms with Crippen LogP contribution in [0.2, 0.25) is 0 Å². The number of hydrogen-bond acceptors (Lipinski definition) is 2. The maximum Gasteiger partial charge on any atom is 0.416 e. The quantitative estimate of drug-likeness (QED) is 0.553. The highest BCUT2D eigenvalue weighted by Gasteiger charge is 2.30. The van der Waals surface area contributed by atoms with Crippen molar-refractivity contribution in [3.63, 3.8) is 0 Å². The number of H-pyrrole nitrogens is 1. The molecule has 0 fully saturated rings. The zero-order valence-electron chi connectivity index (χ0n) is 14.8. The van der Waals surface area contributed by atoms with E-state index in [2.05, 4.69) is 11.1 Å². The Kier molecular flexibility index (Phi) is 4.00. The molecule has 4 aromatic rings. The smallest absolute Gasteiger partial charge is 0.338 e. The average Bonchev–Trinajstić information content (AvgIpc) is 3.04. The number of fused-ring (bicyclic) bond motifs is 3. The van der Waals surface area contributed by atoms with Gasteiger partial charge in [-0.05, 0) is 36.2 Å². The van der Waals surface area contributed by atoms with E-state index in [0.717, 1.165) is 12.1 Å².